The molecule has 3 atom stereocenters. The van der Waals surface area contributed by atoms with Crippen LogP contribution in [0.15, 0.2) is 29.2 Å². The van der Waals surface area contributed by atoms with Gasteiger partial charge in [0.05, 0.1) is 17.1 Å². The van der Waals surface area contributed by atoms with Gasteiger partial charge in [0.15, 0.2) is 9.84 Å². The van der Waals surface area contributed by atoms with E-state index in [1.807, 2.05) is 12.1 Å². The van der Waals surface area contributed by atoms with Crippen LogP contribution in [-0.4, -0.2) is 26.9 Å². The summed E-state index contributed by atoms with van der Waals surface area (Å²) in [5, 5.41) is 0. The van der Waals surface area contributed by atoms with Crippen molar-refractivity contribution in [3.63, 3.8) is 0 Å². The largest absolute Gasteiger partial charge is 0.369 e. The van der Waals surface area contributed by atoms with Crippen LogP contribution in [0.4, 0.5) is 0 Å². The predicted molar refractivity (Wildman–Crippen MR) is 71.4 cm³/mol. The first-order valence-corrected chi connectivity index (χ1v) is 8.25. The molecule has 18 heavy (non-hydrogen) atoms. The molecule has 3 unspecified atom stereocenters. The number of epoxide rings is 1. The molecule has 1 aliphatic rings. The maximum atomic E-state index is 11.3. The molecule has 0 saturated carbocycles. The fraction of sp³-hybridized carbons (Fsp3) is 0.571. The fourth-order valence-corrected chi connectivity index (χ4v) is 2.98. The molecule has 0 N–H and O–H groups in total. The van der Waals surface area contributed by atoms with Crippen molar-refractivity contribution in [2.45, 2.75) is 43.8 Å². The Hall–Kier alpha value is -0.870. The van der Waals surface area contributed by atoms with Gasteiger partial charge in [-0.25, -0.2) is 8.42 Å². The molecule has 0 spiro atoms. The summed E-state index contributed by atoms with van der Waals surface area (Å²) in [4.78, 5) is 0.382. The highest BCUT2D eigenvalue weighted by molar-refractivity contribution is 7.90. The molecular weight excluding hydrogens is 248 g/mol. The summed E-state index contributed by atoms with van der Waals surface area (Å²) in [6, 6.07) is 7.16. The normalized spacial score (nSPS) is 24.8. The van der Waals surface area contributed by atoms with Crippen LogP contribution in [0.3, 0.4) is 0 Å². The molecule has 0 aromatic heterocycles. The molecule has 1 aliphatic heterocycles. The minimum absolute atomic E-state index is 0.379. The second-order valence-corrected chi connectivity index (χ2v) is 7.16. The van der Waals surface area contributed by atoms with E-state index in [0.29, 0.717) is 23.0 Å². The summed E-state index contributed by atoms with van der Waals surface area (Å²) in [6.45, 7) is 4.32. The quantitative estimate of drug-likeness (QED) is 0.771. The zero-order valence-corrected chi connectivity index (χ0v) is 11.9. The smallest absolute Gasteiger partial charge is 0.175 e. The van der Waals surface area contributed by atoms with E-state index in [2.05, 4.69) is 13.8 Å². The summed E-state index contributed by atoms with van der Waals surface area (Å²) in [6.07, 6.45) is 4.04. The Bertz CT molecular complexity index is 504. The number of rotatable bonds is 5. The molecule has 3 nitrogen and oxygen atoms in total. The van der Waals surface area contributed by atoms with Crippen molar-refractivity contribution in [1.29, 1.82) is 0 Å². The third-order valence-electron chi connectivity index (χ3n) is 3.49. The first-order chi connectivity index (χ1) is 8.41. The average molecular weight is 268 g/mol. The van der Waals surface area contributed by atoms with Gasteiger partial charge in [0.1, 0.15) is 0 Å². The van der Waals surface area contributed by atoms with Crippen molar-refractivity contribution in [2.24, 2.45) is 5.92 Å². The summed E-state index contributed by atoms with van der Waals surface area (Å²) >= 11 is 0. The lowest BCUT2D eigenvalue weighted by molar-refractivity contribution is 0.322. The van der Waals surface area contributed by atoms with E-state index >= 15 is 0 Å². The van der Waals surface area contributed by atoms with Gasteiger partial charge >= 0.3 is 0 Å². The Labute approximate surface area is 109 Å². The molecule has 1 heterocycles. The topological polar surface area (TPSA) is 46.7 Å². The molecule has 100 valence electrons. The third kappa shape index (κ3) is 3.12. The minimum atomic E-state index is -3.09. The van der Waals surface area contributed by atoms with E-state index < -0.39 is 9.84 Å². The van der Waals surface area contributed by atoms with Crippen molar-refractivity contribution >= 4 is 9.84 Å². The molecular formula is C14H20O3S. The second kappa shape index (κ2) is 5.02. The molecule has 4 heteroatoms. The van der Waals surface area contributed by atoms with Gasteiger partial charge < -0.3 is 4.74 Å². The van der Waals surface area contributed by atoms with Crippen LogP contribution >= 0.6 is 0 Å². The van der Waals surface area contributed by atoms with Crippen molar-refractivity contribution in [1.82, 2.24) is 0 Å². The molecule has 0 aliphatic carbocycles. The van der Waals surface area contributed by atoms with Gasteiger partial charge in [0.25, 0.3) is 0 Å². The van der Waals surface area contributed by atoms with Crippen molar-refractivity contribution < 1.29 is 13.2 Å². The van der Waals surface area contributed by atoms with E-state index in [4.69, 9.17) is 4.74 Å². The molecule has 0 amide bonds. The molecule has 0 radical (unpaired) electrons. The molecule has 1 saturated heterocycles. The van der Waals surface area contributed by atoms with Gasteiger partial charge in [-0.2, -0.15) is 0 Å². The summed E-state index contributed by atoms with van der Waals surface area (Å²) in [7, 11) is -3.09. The van der Waals surface area contributed by atoms with E-state index in [0.717, 1.165) is 12.8 Å². The number of hydrogen-bond donors (Lipinski definition) is 0. The Morgan fingerprint density at radius 1 is 1.28 bits per heavy atom. The van der Waals surface area contributed by atoms with E-state index in [9.17, 15) is 8.42 Å². The summed E-state index contributed by atoms with van der Waals surface area (Å²) in [5.41, 5.74) is 1.17. The Morgan fingerprint density at radius 3 is 2.33 bits per heavy atom. The van der Waals surface area contributed by atoms with Gasteiger partial charge in [-0.3, -0.25) is 0 Å². The highest BCUT2D eigenvalue weighted by atomic mass is 32.2. The minimum Gasteiger partial charge on any atom is -0.369 e. The van der Waals surface area contributed by atoms with Gasteiger partial charge in [0, 0.05) is 6.26 Å². The standard InChI is InChI=1S/C14H20O3S/c1-4-13-14(17-13)10(2)9-11-5-7-12(8-6-11)18(3,15)16/h5-8,10,13-14H,4,9H2,1-3H3. The SMILES string of the molecule is CCC1OC1C(C)Cc1ccc(S(C)(=O)=O)cc1. The van der Waals surface area contributed by atoms with Crippen LogP contribution in [0.2, 0.25) is 0 Å². The van der Waals surface area contributed by atoms with Crippen molar-refractivity contribution in [3.8, 4) is 0 Å². The summed E-state index contributed by atoms with van der Waals surface area (Å²) < 4.78 is 28.3. The maximum Gasteiger partial charge on any atom is 0.175 e. The van der Waals surface area contributed by atoms with Gasteiger partial charge in [-0.05, 0) is 36.5 Å². The lowest BCUT2D eigenvalue weighted by Crippen LogP contribution is -2.10. The van der Waals surface area contributed by atoms with Gasteiger partial charge in [-0.15, -0.1) is 0 Å². The number of benzene rings is 1. The number of hydrogen-bond acceptors (Lipinski definition) is 3. The van der Waals surface area contributed by atoms with E-state index in [1.54, 1.807) is 12.1 Å². The van der Waals surface area contributed by atoms with Crippen molar-refractivity contribution in [2.75, 3.05) is 6.26 Å². The first-order valence-electron chi connectivity index (χ1n) is 6.36. The molecule has 0 bridgehead atoms. The summed E-state index contributed by atoms with van der Waals surface area (Å²) in [5.74, 6) is 0.485. The van der Waals surface area contributed by atoms with Crippen LogP contribution in [0.1, 0.15) is 25.8 Å². The zero-order chi connectivity index (χ0) is 13.3. The van der Waals surface area contributed by atoms with Crippen molar-refractivity contribution in [3.05, 3.63) is 29.8 Å². The van der Waals surface area contributed by atoms with E-state index in [1.165, 1.54) is 11.8 Å². The van der Waals surface area contributed by atoms with Crippen LogP contribution in [0.25, 0.3) is 0 Å². The highest BCUT2D eigenvalue weighted by Gasteiger charge is 2.40. The molecule has 1 fully saturated rings. The zero-order valence-electron chi connectivity index (χ0n) is 11.1. The molecule has 1 aromatic carbocycles. The Morgan fingerprint density at radius 2 is 1.89 bits per heavy atom. The predicted octanol–water partition coefficient (Wildman–Crippen LogP) is 2.45. The maximum absolute atomic E-state index is 11.3. The Balaban J connectivity index is 1.99. The lowest BCUT2D eigenvalue weighted by Gasteiger charge is -2.09. The Kier molecular flexibility index (Phi) is 3.78. The van der Waals surface area contributed by atoms with Gasteiger partial charge in [0.2, 0.25) is 0 Å². The molecule has 2 rings (SSSR count). The number of sulfone groups is 1. The lowest BCUT2D eigenvalue weighted by atomic mass is 9.96. The highest BCUT2D eigenvalue weighted by Crippen LogP contribution is 2.33. The van der Waals surface area contributed by atoms with Gasteiger partial charge in [-0.1, -0.05) is 26.0 Å². The van der Waals surface area contributed by atoms with Crippen LogP contribution in [0.5, 0.6) is 0 Å². The molecule has 1 aromatic rings. The third-order valence-corrected chi connectivity index (χ3v) is 4.62. The second-order valence-electron chi connectivity index (χ2n) is 5.14. The first kappa shape index (κ1) is 13.6. The van der Waals surface area contributed by atoms with Crippen LogP contribution < -0.4 is 0 Å². The number of ether oxygens (including phenoxy) is 1. The van der Waals surface area contributed by atoms with Crippen LogP contribution in [-0.2, 0) is 21.0 Å². The average Bonchev–Trinajstić information content (AvgIpc) is 3.07. The monoisotopic (exact) mass is 268 g/mol. The van der Waals surface area contributed by atoms with Crippen LogP contribution in [0, 0.1) is 5.92 Å². The fourth-order valence-electron chi connectivity index (χ4n) is 2.35. The van der Waals surface area contributed by atoms with E-state index in [-0.39, 0.29) is 0 Å².